The molecule has 2 saturated heterocycles. The number of hydrogen-bond acceptors (Lipinski definition) is 3. The first-order chi connectivity index (χ1) is 10.5. The number of sulfonamides is 1. The van der Waals surface area contributed by atoms with Gasteiger partial charge in [0.15, 0.2) is 0 Å². The number of piperidine rings is 1. The van der Waals surface area contributed by atoms with Crippen molar-refractivity contribution in [3.05, 3.63) is 35.4 Å². The van der Waals surface area contributed by atoms with Gasteiger partial charge in [-0.05, 0) is 37.3 Å². The molecule has 1 aromatic rings. The Morgan fingerprint density at radius 1 is 1.23 bits per heavy atom. The topological polar surface area (TPSA) is 46.6 Å². The van der Waals surface area contributed by atoms with Gasteiger partial charge in [0.1, 0.15) is 11.6 Å². The van der Waals surface area contributed by atoms with Crippen molar-refractivity contribution >= 4 is 10.0 Å². The van der Waals surface area contributed by atoms with Gasteiger partial charge >= 0.3 is 0 Å². The standard InChI is InChI=1S/C15H19F2NO3S/c16-13-4-1-5-14(17)12(13)10-22(19,20)18-7-6-15-11(9-18)3-2-8-21-15/h1,4-5,11,15H,2-3,6-10H2/t11-,15+/m0/s1. The van der Waals surface area contributed by atoms with Gasteiger partial charge < -0.3 is 4.74 Å². The van der Waals surface area contributed by atoms with Gasteiger partial charge in [-0.2, -0.15) is 0 Å². The molecule has 122 valence electrons. The van der Waals surface area contributed by atoms with E-state index in [-0.39, 0.29) is 17.6 Å². The van der Waals surface area contributed by atoms with Gasteiger partial charge in [0.05, 0.1) is 11.9 Å². The minimum Gasteiger partial charge on any atom is -0.378 e. The highest BCUT2D eigenvalue weighted by Gasteiger charge is 2.37. The lowest BCUT2D eigenvalue weighted by molar-refractivity contribution is -0.0534. The van der Waals surface area contributed by atoms with Crippen molar-refractivity contribution in [1.29, 1.82) is 0 Å². The Labute approximate surface area is 129 Å². The largest absolute Gasteiger partial charge is 0.378 e. The molecule has 3 rings (SSSR count). The number of ether oxygens (including phenoxy) is 1. The summed E-state index contributed by atoms with van der Waals surface area (Å²) in [7, 11) is -3.73. The first-order valence-electron chi connectivity index (χ1n) is 7.50. The average Bonchev–Trinajstić information content (AvgIpc) is 2.50. The summed E-state index contributed by atoms with van der Waals surface area (Å²) < 4.78 is 59.3. The van der Waals surface area contributed by atoms with E-state index in [0.717, 1.165) is 31.6 Å². The predicted octanol–water partition coefficient (Wildman–Crippen LogP) is 2.30. The summed E-state index contributed by atoms with van der Waals surface area (Å²) in [5.74, 6) is -2.09. The van der Waals surface area contributed by atoms with Gasteiger partial charge in [-0.25, -0.2) is 21.5 Å². The van der Waals surface area contributed by atoms with Crippen LogP contribution in [0, 0.1) is 17.6 Å². The summed E-state index contributed by atoms with van der Waals surface area (Å²) >= 11 is 0. The number of halogens is 2. The van der Waals surface area contributed by atoms with Crippen LogP contribution in [0.5, 0.6) is 0 Å². The minimum atomic E-state index is -3.73. The summed E-state index contributed by atoms with van der Waals surface area (Å²) in [4.78, 5) is 0. The molecule has 1 aromatic carbocycles. The molecule has 0 N–H and O–H groups in total. The maximum absolute atomic E-state index is 13.7. The van der Waals surface area contributed by atoms with Crippen LogP contribution in [-0.4, -0.2) is 38.5 Å². The number of hydrogen-bond donors (Lipinski definition) is 0. The van der Waals surface area contributed by atoms with E-state index in [1.54, 1.807) is 0 Å². The van der Waals surface area contributed by atoms with Gasteiger partial charge in [-0.15, -0.1) is 0 Å². The smallest absolute Gasteiger partial charge is 0.218 e. The zero-order chi connectivity index (χ0) is 15.7. The molecule has 7 heteroatoms. The van der Waals surface area contributed by atoms with Crippen LogP contribution in [0.3, 0.4) is 0 Å². The number of nitrogens with zero attached hydrogens (tertiary/aromatic N) is 1. The second-order valence-electron chi connectivity index (χ2n) is 5.91. The van der Waals surface area contributed by atoms with Gasteiger partial charge in [-0.3, -0.25) is 0 Å². The molecule has 0 amide bonds. The molecule has 0 spiro atoms. The maximum Gasteiger partial charge on any atom is 0.218 e. The normalized spacial score (nSPS) is 26.6. The summed E-state index contributed by atoms with van der Waals surface area (Å²) in [5.41, 5.74) is -0.385. The molecule has 0 unspecified atom stereocenters. The van der Waals surface area contributed by atoms with Crippen molar-refractivity contribution in [3.63, 3.8) is 0 Å². The van der Waals surface area contributed by atoms with Crippen LogP contribution in [0.4, 0.5) is 8.78 Å². The van der Waals surface area contributed by atoms with E-state index in [2.05, 4.69) is 0 Å². The lowest BCUT2D eigenvalue weighted by Gasteiger charge is -2.40. The Morgan fingerprint density at radius 3 is 2.68 bits per heavy atom. The van der Waals surface area contributed by atoms with Crippen LogP contribution in [0.15, 0.2) is 18.2 Å². The molecular formula is C15H19F2NO3S. The van der Waals surface area contributed by atoms with Gasteiger partial charge in [-0.1, -0.05) is 6.07 Å². The second kappa shape index (κ2) is 6.22. The third-order valence-electron chi connectivity index (χ3n) is 4.46. The average molecular weight is 331 g/mol. The Bertz CT molecular complexity index is 630. The Hall–Kier alpha value is -1.05. The van der Waals surface area contributed by atoms with E-state index in [0.29, 0.717) is 19.5 Å². The number of fused-ring (bicyclic) bond motifs is 1. The lowest BCUT2D eigenvalue weighted by atomic mass is 9.90. The van der Waals surface area contributed by atoms with Gasteiger partial charge in [0.2, 0.25) is 10.0 Å². The van der Waals surface area contributed by atoms with Crippen molar-refractivity contribution in [3.8, 4) is 0 Å². The summed E-state index contributed by atoms with van der Waals surface area (Å²) in [6, 6.07) is 3.38. The molecule has 2 aliphatic rings. The first kappa shape index (κ1) is 15.8. The molecule has 2 heterocycles. The third-order valence-corrected chi connectivity index (χ3v) is 6.23. The highest BCUT2D eigenvalue weighted by molar-refractivity contribution is 7.88. The van der Waals surface area contributed by atoms with Gasteiger partial charge in [0, 0.05) is 25.3 Å². The Kier molecular flexibility index (Phi) is 4.47. The Morgan fingerprint density at radius 2 is 1.95 bits per heavy atom. The predicted molar refractivity (Wildman–Crippen MR) is 77.6 cm³/mol. The van der Waals surface area contributed by atoms with E-state index in [1.165, 1.54) is 10.4 Å². The first-order valence-corrected chi connectivity index (χ1v) is 9.10. The zero-order valence-electron chi connectivity index (χ0n) is 12.2. The van der Waals surface area contributed by atoms with Crippen LogP contribution in [0.2, 0.25) is 0 Å². The fraction of sp³-hybridized carbons (Fsp3) is 0.600. The molecule has 0 aliphatic carbocycles. The molecule has 4 nitrogen and oxygen atoms in total. The van der Waals surface area contributed by atoms with E-state index in [9.17, 15) is 17.2 Å². The van der Waals surface area contributed by atoms with E-state index < -0.39 is 27.4 Å². The molecule has 2 atom stereocenters. The van der Waals surface area contributed by atoms with Crippen LogP contribution in [-0.2, 0) is 20.5 Å². The molecule has 0 aromatic heterocycles. The summed E-state index contributed by atoms with van der Waals surface area (Å²) in [5, 5.41) is 0. The SMILES string of the molecule is O=S(=O)(Cc1c(F)cccc1F)N1CC[C@H]2OCCC[C@H]2C1. The number of rotatable bonds is 3. The molecule has 22 heavy (non-hydrogen) atoms. The molecule has 0 radical (unpaired) electrons. The van der Waals surface area contributed by atoms with E-state index >= 15 is 0 Å². The van der Waals surface area contributed by atoms with Crippen LogP contribution in [0.25, 0.3) is 0 Å². The Balaban J connectivity index is 1.76. The van der Waals surface area contributed by atoms with Crippen molar-refractivity contribution in [2.24, 2.45) is 5.92 Å². The number of benzene rings is 1. The van der Waals surface area contributed by atoms with Crippen molar-refractivity contribution in [1.82, 2.24) is 4.31 Å². The van der Waals surface area contributed by atoms with Crippen LogP contribution < -0.4 is 0 Å². The van der Waals surface area contributed by atoms with E-state index in [1.807, 2.05) is 0 Å². The minimum absolute atomic E-state index is 0.116. The van der Waals surface area contributed by atoms with Crippen molar-refractivity contribution in [2.45, 2.75) is 31.1 Å². The molecular weight excluding hydrogens is 312 g/mol. The summed E-state index contributed by atoms with van der Waals surface area (Å²) in [6.45, 7) is 1.46. The van der Waals surface area contributed by atoms with Crippen LogP contribution in [0.1, 0.15) is 24.8 Å². The lowest BCUT2D eigenvalue weighted by Crippen LogP contribution is -2.48. The second-order valence-corrected chi connectivity index (χ2v) is 7.88. The molecule has 0 saturated carbocycles. The highest BCUT2D eigenvalue weighted by atomic mass is 32.2. The summed E-state index contributed by atoms with van der Waals surface area (Å²) in [6.07, 6.45) is 2.62. The van der Waals surface area contributed by atoms with E-state index in [4.69, 9.17) is 4.74 Å². The van der Waals surface area contributed by atoms with Crippen LogP contribution >= 0.6 is 0 Å². The monoisotopic (exact) mass is 331 g/mol. The fourth-order valence-corrected chi connectivity index (χ4v) is 4.88. The van der Waals surface area contributed by atoms with Gasteiger partial charge in [0.25, 0.3) is 0 Å². The molecule has 0 bridgehead atoms. The van der Waals surface area contributed by atoms with Crippen molar-refractivity contribution in [2.75, 3.05) is 19.7 Å². The maximum atomic E-state index is 13.7. The molecule has 2 aliphatic heterocycles. The zero-order valence-corrected chi connectivity index (χ0v) is 13.0. The molecule has 2 fully saturated rings. The fourth-order valence-electron chi connectivity index (χ4n) is 3.25. The quantitative estimate of drug-likeness (QED) is 0.854. The third kappa shape index (κ3) is 3.16. The highest BCUT2D eigenvalue weighted by Crippen LogP contribution is 2.30. The van der Waals surface area contributed by atoms with Crippen molar-refractivity contribution < 1.29 is 21.9 Å².